The van der Waals surface area contributed by atoms with Gasteiger partial charge in [-0.3, -0.25) is 0 Å². The third-order valence-corrected chi connectivity index (χ3v) is 3.26. The minimum Gasteiger partial charge on any atom is -0.329 e. The summed E-state index contributed by atoms with van der Waals surface area (Å²) in [7, 11) is 1.74. The van der Waals surface area contributed by atoms with E-state index in [9.17, 15) is 13.2 Å². The molecule has 3 nitrogen and oxygen atoms in total. The van der Waals surface area contributed by atoms with Gasteiger partial charge in [0.2, 0.25) is 0 Å². The third kappa shape index (κ3) is 2.97. The smallest absolute Gasteiger partial charge is 0.329 e. The second kappa shape index (κ2) is 4.81. The molecule has 18 heavy (non-hydrogen) atoms. The van der Waals surface area contributed by atoms with Crippen molar-refractivity contribution < 1.29 is 13.2 Å². The van der Waals surface area contributed by atoms with Crippen LogP contribution in [0, 0.1) is 0 Å². The highest BCUT2D eigenvalue weighted by Crippen LogP contribution is 2.34. The molecule has 0 N–H and O–H groups in total. The van der Waals surface area contributed by atoms with Crippen LogP contribution in [-0.4, -0.2) is 14.5 Å². The standard InChI is InChI=1S/C10H7ClF3N3S/c1-17-3-2-15-9(17)18-8-5-6(10(12,13)14)4-7(11)16-8/h2-5H,1H3. The zero-order valence-corrected chi connectivity index (χ0v) is 10.6. The van der Waals surface area contributed by atoms with Gasteiger partial charge in [-0.25, -0.2) is 9.97 Å². The average Bonchev–Trinajstić information content (AvgIpc) is 2.62. The summed E-state index contributed by atoms with van der Waals surface area (Å²) in [6.07, 6.45) is -1.20. The fourth-order valence-electron chi connectivity index (χ4n) is 1.23. The van der Waals surface area contributed by atoms with Crippen LogP contribution in [0.3, 0.4) is 0 Å². The summed E-state index contributed by atoms with van der Waals surface area (Å²) < 4.78 is 39.4. The van der Waals surface area contributed by atoms with Crippen molar-refractivity contribution in [1.29, 1.82) is 0 Å². The van der Waals surface area contributed by atoms with Gasteiger partial charge in [-0.15, -0.1) is 0 Å². The van der Waals surface area contributed by atoms with Gasteiger partial charge in [0.25, 0.3) is 0 Å². The Hall–Kier alpha value is -1.21. The molecule has 0 saturated heterocycles. The molecule has 2 aromatic rings. The molecular formula is C10H7ClF3N3S. The molecule has 0 aliphatic rings. The molecule has 2 heterocycles. The second-order valence-electron chi connectivity index (χ2n) is 3.44. The van der Waals surface area contributed by atoms with Gasteiger partial charge in [-0.05, 0) is 23.9 Å². The van der Waals surface area contributed by atoms with Crippen molar-refractivity contribution in [3.63, 3.8) is 0 Å². The van der Waals surface area contributed by atoms with Gasteiger partial charge in [0, 0.05) is 19.4 Å². The molecule has 0 bridgehead atoms. The van der Waals surface area contributed by atoms with Crippen LogP contribution in [0.15, 0.2) is 34.7 Å². The number of aromatic nitrogens is 3. The minimum atomic E-state index is -4.44. The predicted molar refractivity (Wildman–Crippen MR) is 61.6 cm³/mol. The van der Waals surface area contributed by atoms with Crippen molar-refractivity contribution in [2.24, 2.45) is 7.05 Å². The lowest BCUT2D eigenvalue weighted by Crippen LogP contribution is -2.05. The first-order chi connectivity index (χ1) is 8.36. The van der Waals surface area contributed by atoms with E-state index in [1.165, 1.54) is 0 Å². The first-order valence-corrected chi connectivity index (χ1v) is 5.95. The van der Waals surface area contributed by atoms with Crippen molar-refractivity contribution in [2.75, 3.05) is 0 Å². The molecule has 0 amide bonds. The van der Waals surface area contributed by atoms with Crippen molar-refractivity contribution in [1.82, 2.24) is 14.5 Å². The van der Waals surface area contributed by atoms with Gasteiger partial charge < -0.3 is 4.57 Å². The Morgan fingerprint density at radius 1 is 1.33 bits per heavy atom. The topological polar surface area (TPSA) is 30.7 Å². The largest absolute Gasteiger partial charge is 0.416 e. The van der Waals surface area contributed by atoms with Crippen molar-refractivity contribution in [2.45, 2.75) is 16.4 Å². The lowest BCUT2D eigenvalue weighted by molar-refractivity contribution is -0.137. The molecule has 8 heteroatoms. The van der Waals surface area contributed by atoms with E-state index in [1.54, 1.807) is 24.0 Å². The maximum Gasteiger partial charge on any atom is 0.416 e. The van der Waals surface area contributed by atoms with E-state index in [4.69, 9.17) is 11.6 Å². The third-order valence-electron chi connectivity index (χ3n) is 2.07. The molecule has 0 radical (unpaired) electrons. The molecule has 0 fully saturated rings. The first kappa shape index (κ1) is 13.2. The second-order valence-corrected chi connectivity index (χ2v) is 4.81. The molecule has 2 rings (SSSR count). The highest BCUT2D eigenvalue weighted by molar-refractivity contribution is 7.99. The summed E-state index contributed by atoms with van der Waals surface area (Å²) in [4.78, 5) is 7.83. The molecule has 0 aromatic carbocycles. The number of pyridine rings is 1. The summed E-state index contributed by atoms with van der Waals surface area (Å²) >= 11 is 6.61. The van der Waals surface area contributed by atoms with Crippen LogP contribution in [0.25, 0.3) is 0 Å². The molecule has 0 saturated carbocycles. The first-order valence-electron chi connectivity index (χ1n) is 4.76. The zero-order chi connectivity index (χ0) is 13.3. The SMILES string of the molecule is Cn1ccnc1Sc1cc(C(F)(F)F)cc(Cl)n1. The van der Waals surface area contributed by atoms with E-state index >= 15 is 0 Å². The van der Waals surface area contributed by atoms with E-state index in [-0.39, 0.29) is 10.2 Å². The number of imidazole rings is 1. The Balaban J connectivity index is 2.35. The number of hydrogen-bond donors (Lipinski definition) is 0. The van der Waals surface area contributed by atoms with Crippen LogP contribution < -0.4 is 0 Å². The lowest BCUT2D eigenvalue weighted by Gasteiger charge is -2.08. The van der Waals surface area contributed by atoms with Crippen LogP contribution in [0.1, 0.15) is 5.56 Å². The van der Waals surface area contributed by atoms with E-state index in [0.29, 0.717) is 5.16 Å². The highest BCUT2D eigenvalue weighted by atomic mass is 35.5. The Labute approximate surface area is 110 Å². The Morgan fingerprint density at radius 2 is 2.06 bits per heavy atom. The van der Waals surface area contributed by atoms with Gasteiger partial charge in [-0.2, -0.15) is 13.2 Å². The fraction of sp³-hybridized carbons (Fsp3) is 0.200. The molecule has 0 aliphatic carbocycles. The van der Waals surface area contributed by atoms with E-state index < -0.39 is 11.7 Å². The number of alkyl halides is 3. The molecule has 0 atom stereocenters. The van der Waals surface area contributed by atoms with E-state index in [2.05, 4.69) is 9.97 Å². The van der Waals surface area contributed by atoms with Crippen molar-refractivity contribution in [3.05, 3.63) is 35.2 Å². The van der Waals surface area contributed by atoms with Crippen LogP contribution in [0.2, 0.25) is 5.15 Å². The van der Waals surface area contributed by atoms with E-state index in [0.717, 1.165) is 23.9 Å². The molecule has 0 unspecified atom stereocenters. The minimum absolute atomic E-state index is 0.157. The number of halogens is 4. The predicted octanol–water partition coefficient (Wildman–Crippen LogP) is 3.64. The molecule has 0 spiro atoms. The summed E-state index contributed by atoms with van der Waals surface area (Å²) in [6.45, 7) is 0. The Morgan fingerprint density at radius 3 is 2.61 bits per heavy atom. The summed E-state index contributed by atoms with van der Waals surface area (Å²) in [5.41, 5.74) is -0.820. The van der Waals surface area contributed by atoms with Crippen molar-refractivity contribution in [3.8, 4) is 0 Å². The molecular weight excluding hydrogens is 287 g/mol. The zero-order valence-electron chi connectivity index (χ0n) is 9.07. The normalized spacial score (nSPS) is 11.8. The van der Waals surface area contributed by atoms with Gasteiger partial charge in [0.15, 0.2) is 5.16 Å². The van der Waals surface area contributed by atoms with Crippen LogP contribution in [-0.2, 0) is 13.2 Å². The summed E-state index contributed by atoms with van der Waals surface area (Å²) in [6, 6.07) is 1.75. The van der Waals surface area contributed by atoms with Crippen LogP contribution in [0.4, 0.5) is 13.2 Å². The summed E-state index contributed by atoms with van der Waals surface area (Å²) in [5.74, 6) is 0. The number of aryl methyl sites for hydroxylation is 1. The molecule has 96 valence electrons. The Kier molecular flexibility index (Phi) is 3.54. The Bertz CT molecular complexity index is 568. The van der Waals surface area contributed by atoms with Gasteiger partial charge in [0.1, 0.15) is 10.2 Å². The highest BCUT2D eigenvalue weighted by Gasteiger charge is 2.31. The lowest BCUT2D eigenvalue weighted by atomic mass is 10.3. The van der Waals surface area contributed by atoms with Crippen LogP contribution >= 0.6 is 23.4 Å². The maximum absolute atomic E-state index is 12.6. The maximum atomic E-state index is 12.6. The number of nitrogens with zero attached hydrogens (tertiary/aromatic N) is 3. The van der Waals surface area contributed by atoms with Gasteiger partial charge in [-0.1, -0.05) is 11.6 Å². The van der Waals surface area contributed by atoms with E-state index in [1.807, 2.05) is 0 Å². The fourth-order valence-corrected chi connectivity index (χ4v) is 2.33. The molecule has 0 aliphatic heterocycles. The molecule has 2 aromatic heterocycles. The number of hydrogen-bond acceptors (Lipinski definition) is 3. The van der Waals surface area contributed by atoms with Gasteiger partial charge >= 0.3 is 6.18 Å². The number of rotatable bonds is 2. The van der Waals surface area contributed by atoms with Crippen LogP contribution in [0.5, 0.6) is 0 Å². The summed E-state index contributed by atoms with van der Waals surface area (Å²) in [5, 5.41) is 0.503. The van der Waals surface area contributed by atoms with Gasteiger partial charge in [0.05, 0.1) is 5.56 Å². The van der Waals surface area contributed by atoms with Crippen molar-refractivity contribution >= 4 is 23.4 Å². The quantitative estimate of drug-likeness (QED) is 0.792. The monoisotopic (exact) mass is 293 g/mol. The average molecular weight is 294 g/mol.